The van der Waals surface area contributed by atoms with E-state index in [1.165, 1.54) is 17.1 Å². The summed E-state index contributed by atoms with van der Waals surface area (Å²) >= 11 is 2.34. The lowest BCUT2D eigenvalue weighted by Gasteiger charge is -2.44. The predicted molar refractivity (Wildman–Crippen MR) is 242 cm³/mol. The number of aromatic nitrogens is 1. The first-order chi connectivity index (χ1) is 26.4. The van der Waals surface area contributed by atoms with E-state index in [2.05, 4.69) is 114 Å². The van der Waals surface area contributed by atoms with Crippen LogP contribution in [-0.2, 0) is 22.9 Å². The maximum atomic E-state index is 14.2. The number of aromatic carboxylic acids is 1. The van der Waals surface area contributed by atoms with Crippen LogP contribution in [0.15, 0.2) is 15.5 Å². The van der Waals surface area contributed by atoms with E-state index in [1.54, 1.807) is 20.8 Å². The standard InChI is InChI=1S/C38H71N7O8S2Si3/c1-18-58(19-2,20-3)52-24(5)29(42-32(47)28(44-45-39)23(4)51-56(14,15)36(7,8)9)33-40-26(21-54-33)31(46)43-30(34-41-27(22-55-34)35(48)49)38(13,50)25(6)53-57(16,17)37(10,11)12/h22-26,28-30,50H,18-21H2,1-17H3,(H,42,47)(H,43,46)(H,48,49)/t23-,24-,25-,26+,28+,29+,30-,38-/m1/s1. The van der Waals surface area contributed by atoms with Gasteiger partial charge in [0.15, 0.2) is 30.6 Å². The van der Waals surface area contributed by atoms with Gasteiger partial charge in [-0.25, -0.2) is 9.78 Å². The summed E-state index contributed by atoms with van der Waals surface area (Å²) in [5.41, 5.74) is 7.62. The molecular formula is C38H71N7O8S2Si3. The number of nitrogens with zero attached hydrogens (tertiary/aromatic N) is 5. The van der Waals surface area contributed by atoms with Crippen LogP contribution in [0.5, 0.6) is 0 Å². The first-order valence-electron chi connectivity index (χ1n) is 20.2. The Kier molecular flexibility index (Phi) is 18.1. The molecule has 0 bridgehead atoms. The Bertz CT molecular complexity index is 1660. The van der Waals surface area contributed by atoms with Crippen LogP contribution in [0, 0.1) is 0 Å². The Balaban J connectivity index is 2.58. The maximum Gasteiger partial charge on any atom is 0.355 e. The molecule has 0 saturated heterocycles. The third kappa shape index (κ3) is 12.7. The molecule has 1 aromatic rings. The van der Waals surface area contributed by atoms with Crippen molar-refractivity contribution in [3.05, 3.63) is 26.5 Å². The van der Waals surface area contributed by atoms with Crippen LogP contribution in [0.4, 0.5) is 0 Å². The van der Waals surface area contributed by atoms with Gasteiger partial charge in [-0.05, 0) is 87.6 Å². The van der Waals surface area contributed by atoms with Gasteiger partial charge < -0.3 is 34.1 Å². The summed E-state index contributed by atoms with van der Waals surface area (Å²) in [5.74, 6) is -2.05. The number of aliphatic hydroxyl groups is 1. The monoisotopic (exact) mass is 901 g/mol. The van der Waals surface area contributed by atoms with Gasteiger partial charge in [0.05, 0.1) is 23.4 Å². The summed E-state index contributed by atoms with van der Waals surface area (Å²) in [6.07, 6.45) is -2.04. The fraction of sp³-hybridized carbons (Fsp3) is 0.816. The van der Waals surface area contributed by atoms with Crippen LogP contribution >= 0.6 is 23.1 Å². The normalized spacial score (nSPS) is 19.8. The molecule has 2 heterocycles. The van der Waals surface area contributed by atoms with Crippen molar-refractivity contribution in [3.8, 4) is 0 Å². The predicted octanol–water partition coefficient (Wildman–Crippen LogP) is 8.66. The Hall–Kier alpha value is -2.14. The SMILES string of the molecule is CC[Si](CC)(CC)O[C@H](C)[C@H](NC(=O)[C@@H](N=[N+]=[N-])[C@@H](C)O[Si](C)(C)C(C)(C)C)C1=N[C@H](C(=O)N[C@H](c2nc(C(=O)O)cs2)[C@](C)(O)[C@@H](C)O[Si](C)(C)C(C)(C)C)CS1. The van der Waals surface area contributed by atoms with Crippen molar-refractivity contribution in [1.29, 1.82) is 0 Å². The highest BCUT2D eigenvalue weighted by molar-refractivity contribution is 8.14. The van der Waals surface area contributed by atoms with Crippen LogP contribution in [0.2, 0.25) is 54.4 Å². The first-order valence-corrected chi connectivity index (χ1v) is 30.4. The van der Waals surface area contributed by atoms with Crippen LogP contribution in [0.1, 0.15) is 112 Å². The number of thiazole rings is 1. The number of hydrogen-bond acceptors (Lipinski definition) is 12. The number of rotatable bonds is 21. The molecule has 0 unspecified atom stereocenters. The third-order valence-corrected chi connectivity index (χ3v) is 28.4. The maximum absolute atomic E-state index is 14.2. The number of nitrogens with one attached hydrogen (secondary N) is 2. The lowest BCUT2D eigenvalue weighted by molar-refractivity contribution is -0.127. The zero-order valence-electron chi connectivity index (χ0n) is 37.8. The number of carboxylic acid groups (broad SMARTS) is 1. The van der Waals surface area contributed by atoms with E-state index in [0.29, 0.717) is 5.04 Å². The largest absolute Gasteiger partial charge is 0.476 e. The molecule has 0 aromatic carbocycles. The van der Waals surface area contributed by atoms with Gasteiger partial charge >= 0.3 is 5.97 Å². The summed E-state index contributed by atoms with van der Waals surface area (Å²) < 4.78 is 19.9. The van der Waals surface area contributed by atoms with Crippen molar-refractivity contribution in [3.63, 3.8) is 0 Å². The zero-order chi connectivity index (χ0) is 44.8. The quantitative estimate of drug-likeness (QED) is 0.0398. The van der Waals surface area contributed by atoms with E-state index >= 15 is 0 Å². The number of carbonyl (C=O) groups excluding carboxylic acids is 2. The van der Waals surface area contributed by atoms with Crippen molar-refractivity contribution in [1.82, 2.24) is 15.6 Å². The highest BCUT2D eigenvalue weighted by atomic mass is 32.2. The van der Waals surface area contributed by atoms with E-state index in [1.807, 2.05) is 6.92 Å². The number of carbonyl (C=O) groups is 3. The van der Waals surface area contributed by atoms with Crippen molar-refractivity contribution >= 4 is 70.9 Å². The number of azide groups is 1. The van der Waals surface area contributed by atoms with E-state index in [4.69, 9.17) is 18.3 Å². The molecule has 15 nitrogen and oxygen atoms in total. The van der Waals surface area contributed by atoms with Crippen LogP contribution in [0.25, 0.3) is 10.4 Å². The van der Waals surface area contributed by atoms with Gasteiger partial charge in [-0.15, -0.1) is 23.1 Å². The smallest absolute Gasteiger partial charge is 0.355 e. The van der Waals surface area contributed by atoms with Crippen molar-refractivity contribution in [2.75, 3.05) is 5.75 Å². The summed E-state index contributed by atoms with van der Waals surface area (Å²) in [6, 6.07) is -1.43. The molecule has 0 saturated carbocycles. The van der Waals surface area contributed by atoms with Gasteiger partial charge in [0.1, 0.15) is 34.8 Å². The summed E-state index contributed by atoms with van der Waals surface area (Å²) in [4.78, 5) is 52.3. The van der Waals surface area contributed by atoms with E-state index in [-0.39, 0.29) is 26.5 Å². The second-order valence-corrected chi connectivity index (χ2v) is 34.8. The lowest BCUT2D eigenvalue weighted by Crippen LogP contribution is -2.56. The average Bonchev–Trinajstić information content (AvgIpc) is 3.80. The van der Waals surface area contributed by atoms with Crippen molar-refractivity contribution < 1.29 is 37.9 Å². The summed E-state index contributed by atoms with van der Waals surface area (Å²) in [6.45, 7) is 34.1. The molecule has 2 amide bonds. The minimum atomic E-state index is -2.40. The highest BCUT2D eigenvalue weighted by Crippen LogP contribution is 2.41. The van der Waals surface area contributed by atoms with Crippen LogP contribution in [0.3, 0.4) is 0 Å². The van der Waals surface area contributed by atoms with Crippen LogP contribution in [-0.4, -0.2) is 111 Å². The molecule has 330 valence electrons. The Morgan fingerprint density at radius 3 is 1.93 bits per heavy atom. The Morgan fingerprint density at radius 1 is 0.931 bits per heavy atom. The Labute approximate surface area is 357 Å². The number of aliphatic imine (C=N–C) groups is 1. The number of amides is 2. The fourth-order valence-corrected chi connectivity index (χ4v) is 14.1. The molecular weight excluding hydrogens is 831 g/mol. The van der Waals surface area contributed by atoms with Crippen molar-refractivity contribution in [2.45, 2.75) is 192 Å². The molecule has 1 aliphatic heterocycles. The van der Waals surface area contributed by atoms with Crippen molar-refractivity contribution in [2.24, 2.45) is 10.1 Å². The van der Waals surface area contributed by atoms with Gasteiger partial charge in [-0.2, -0.15) is 0 Å². The van der Waals surface area contributed by atoms with Gasteiger partial charge in [0.25, 0.3) is 0 Å². The molecule has 0 aliphatic carbocycles. The lowest BCUT2D eigenvalue weighted by atomic mass is 9.91. The van der Waals surface area contributed by atoms with E-state index in [9.17, 15) is 30.1 Å². The number of carboxylic acids is 1. The number of thioether (sulfide) groups is 1. The summed E-state index contributed by atoms with van der Waals surface area (Å²) in [7, 11) is -6.97. The molecule has 8 atom stereocenters. The molecule has 58 heavy (non-hydrogen) atoms. The van der Waals surface area contributed by atoms with Crippen LogP contribution < -0.4 is 10.6 Å². The second kappa shape index (κ2) is 20.2. The average molecular weight is 902 g/mol. The summed E-state index contributed by atoms with van der Waals surface area (Å²) in [5, 5.41) is 33.5. The van der Waals surface area contributed by atoms with Gasteiger partial charge in [0.2, 0.25) is 11.8 Å². The second-order valence-electron chi connectivity index (χ2n) is 18.6. The van der Waals surface area contributed by atoms with E-state index in [0.717, 1.165) is 29.5 Å². The third-order valence-electron chi connectivity index (χ3n) is 12.5. The molecule has 0 radical (unpaired) electrons. The topological polar surface area (TPSA) is 217 Å². The molecule has 2 rings (SSSR count). The first kappa shape index (κ1) is 52.0. The molecule has 20 heteroatoms. The highest BCUT2D eigenvalue weighted by Gasteiger charge is 2.48. The number of hydrogen-bond donors (Lipinski definition) is 4. The minimum Gasteiger partial charge on any atom is -0.476 e. The zero-order valence-corrected chi connectivity index (χ0v) is 42.5. The molecule has 0 spiro atoms. The van der Waals surface area contributed by atoms with Gasteiger partial charge in [-0.1, -0.05) is 67.4 Å². The molecule has 4 N–H and O–H groups in total. The van der Waals surface area contributed by atoms with Gasteiger partial charge in [-0.3, -0.25) is 14.6 Å². The Morgan fingerprint density at radius 2 is 1.47 bits per heavy atom. The molecule has 0 fully saturated rings. The fourth-order valence-electron chi connectivity index (χ4n) is 6.09. The minimum absolute atomic E-state index is 0.150. The molecule has 1 aromatic heterocycles. The van der Waals surface area contributed by atoms with E-state index < -0.39 is 90.8 Å². The molecule has 1 aliphatic rings. The van der Waals surface area contributed by atoms with Gasteiger partial charge in [0, 0.05) is 16.0 Å².